The summed E-state index contributed by atoms with van der Waals surface area (Å²) < 4.78 is 5.34. The Morgan fingerprint density at radius 2 is 1.89 bits per heavy atom. The molecule has 0 bridgehead atoms. The van der Waals surface area contributed by atoms with E-state index >= 15 is 0 Å². The van der Waals surface area contributed by atoms with Crippen LogP contribution in [0.3, 0.4) is 0 Å². The highest BCUT2D eigenvalue weighted by molar-refractivity contribution is 5.97. The third kappa shape index (κ3) is 4.13. The number of likely N-dealkylation sites (tertiary alicyclic amines) is 1. The highest BCUT2D eigenvalue weighted by Crippen LogP contribution is 2.28. The predicted octanol–water partition coefficient (Wildman–Crippen LogP) is 2.15. The van der Waals surface area contributed by atoms with Crippen molar-refractivity contribution in [3.05, 3.63) is 52.6 Å². The fraction of sp³-hybridized carbons (Fsp3) is 0.429. The Hall–Kier alpha value is -2.96. The Morgan fingerprint density at radius 1 is 1.21 bits per heavy atom. The maximum absolute atomic E-state index is 13.0. The predicted molar refractivity (Wildman–Crippen MR) is 105 cm³/mol. The van der Waals surface area contributed by atoms with E-state index in [-0.39, 0.29) is 18.2 Å². The van der Waals surface area contributed by atoms with Gasteiger partial charge in [-0.1, -0.05) is 12.1 Å². The minimum atomic E-state index is -0.395. The largest absolute Gasteiger partial charge is 0.496 e. The molecule has 0 radical (unpaired) electrons. The summed E-state index contributed by atoms with van der Waals surface area (Å²) in [5, 5.41) is 0. The van der Waals surface area contributed by atoms with Gasteiger partial charge in [-0.25, -0.2) is 9.97 Å². The molecule has 1 atom stereocenters. The van der Waals surface area contributed by atoms with Crippen molar-refractivity contribution in [3.63, 3.8) is 0 Å². The Bertz CT molecular complexity index is 874. The molecule has 7 nitrogen and oxygen atoms in total. The lowest BCUT2D eigenvalue weighted by Gasteiger charge is -2.32. The van der Waals surface area contributed by atoms with E-state index in [1.54, 1.807) is 19.2 Å². The van der Waals surface area contributed by atoms with Crippen molar-refractivity contribution in [3.8, 4) is 5.75 Å². The summed E-state index contributed by atoms with van der Waals surface area (Å²) in [6.07, 6.45) is 1.95. The van der Waals surface area contributed by atoms with Crippen molar-refractivity contribution >= 4 is 11.8 Å². The monoisotopic (exact) mass is 382 g/mol. The van der Waals surface area contributed by atoms with Crippen LogP contribution in [0, 0.1) is 13.8 Å². The van der Waals surface area contributed by atoms with E-state index in [4.69, 9.17) is 10.5 Å². The topological polar surface area (TPSA) is 98.4 Å². The van der Waals surface area contributed by atoms with Gasteiger partial charge in [-0.3, -0.25) is 9.59 Å². The van der Waals surface area contributed by atoms with Gasteiger partial charge in [-0.05, 0) is 38.8 Å². The number of nitrogens with two attached hydrogens (primary N) is 1. The summed E-state index contributed by atoms with van der Waals surface area (Å²) in [5.41, 5.74) is 8.22. The van der Waals surface area contributed by atoms with Crippen LogP contribution in [-0.4, -0.2) is 46.9 Å². The van der Waals surface area contributed by atoms with E-state index in [2.05, 4.69) is 9.97 Å². The van der Waals surface area contributed by atoms with Crippen molar-refractivity contribution in [2.75, 3.05) is 20.2 Å². The van der Waals surface area contributed by atoms with Gasteiger partial charge in [-0.2, -0.15) is 0 Å². The molecule has 0 saturated carbocycles. The summed E-state index contributed by atoms with van der Waals surface area (Å²) in [6.45, 7) is 5.00. The van der Waals surface area contributed by atoms with Crippen LogP contribution in [0.5, 0.6) is 5.75 Å². The first kappa shape index (κ1) is 19.8. The van der Waals surface area contributed by atoms with E-state index in [0.29, 0.717) is 24.4 Å². The summed E-state index contributed by atoms with van der Waals surface area (Å²) in [7, 11) is 1.57. The molecule has 3 rings (SSSR count). The first-order chi connectivity index (χ1) is 13.4. The average Bonchev–Trinajstić information content (AvgIpc) is 2.70. The minimum Gasteiger partial charge on any atom is -0.496 e. The van der Waals surface area contributed by atoms with Crippen molar-refractivity contribution in [2.24, 2.45) is 5.73 Å². The number of ether oxygens (including phenoxy) is 1. The molecule has 1 saturated heterocycles. The molecule has 1 aliphatic rings. The smallest absolute Gasteiger partial charge is 0.257 e. The van der Waals surface area contributed by atoms with Gasteiger partial charge < -0.3 is 15.4 Å². The molecule has 2 N–H and O–H groups in total. The maximum atomic E-state index is 13.0. The van der Waals surface area contributed by atoms with E-state index < -0.39 is 5.91 Å². The molecule has 1 aromatic heterocycles. The number of methoxy groups -OCH3 is 1. The number of amides is 2. The number of aryl methyl sites for hydroxylation is 2. The van der Waals surface area contributed by atoms with Gasteiger partial charge in [0, 0.05) is 36.0 Å². The average molecular weight is 382 g/mol. The summed E-state index contributed by atoms with van der Waals surface area (Å²) in [6, 6.07) is 7.27. The van der Waals surface area contributed by atoms with Gasteiger partial charge in [0.2, 0.25) is 5.91 Å². The van der Waals surface area contributed by atoms with Gasteiger partial charge in [0.1, 0.15) is 11.6 Å². The van der Waals surface area contributed by atoms with Gasteiger partial charge in [-0.15, -0.1) is 0 Å². The summed E-state index contributed by atoms with van der Waals surface area (Å²) in [4.78, 5) is 35.4. The number of para-hydroxylation sites is 1. The molecule has 2 heterocycles. The molecular weight excluding hydrogens is 356 g/mol. The van der Waals surface area contributed by atoms with E-state index in [9.17, 15) is 9.59 Å². The Balaban J connectivity index is 1.82. The van der Waals surface area contributed by atoms with Crippen LogP contribution in [0.15, 0.2) is 24.3 Å². The number of nitrogens with zero attached hydrogens (tertiary/aromatic N) is 3. The third-order valence-corrected chi connectivity index (χ3v) is 5.20. The number of piperidine rings is 1. The van der Waals surface area contributed by atoms with Crippen LogP contribution in [0.2, 0.25) is 0 Å². The zero-order valence-electron chi connectivity index (χ0n) is 16.6. The number of aromatic nitrogens is 2. The quantitative estimate of drug-likeness (QED) is 0.854. The van der Waals surface area contributed by atoms with E-state index in [1.165, 1.54) is 0 Å². The lowest BCUT2D eigenvalue weighted by Crippen LogP contribution is -2.39. The Morgan fingerprint density at radius 3 is 2.54 bits per heavy atom. The number of benzene rings is 1. The molecule has 0 aliphatic carbocycles. The van der Waals surface area contributed by atoms with E-state index in [0.717, 1.165) is 35.6 Å². The lowest BCUT2D eigenvalue weighted by atomic mass is 9.95. The number of rotatable bonds is 5. The van der Waals surface area contributed by atoms with Gasteiger partial charge >= 0.3 is 0 Å². The fourth-order valence-electron chi connectivity index (χ4n) is 3.74. The zero-order chi connectivity index (χ0) is 20.3. The molecular formula is C21H26N4O3. The van der Waals surface area contributed by atoms with Crippen LogP contribution in [0.1, 0.15) is 51.9 Å². The van der Waals surface area contributed by atoms with Crippen LogP contribution in [0.4, 0.5) is 0 Å². The van der Waals surface area contributed by atoms with Gasteiger partial charge in [0.25, 0.3) is 5.91 Å². The Labute approximate surface area is 164 Å². The number of carbonyl (C=O) groups is 2. The molecule has 28 heavy (non-hydrogen) atoms. The highest BCUT2D eigenvalue weighted by atomic mass is 16.5. The van der Waals surface area contributed by atoms with E-state index in [1.807, 2.05) is 30.9 Å². The first-order valence-corrected chi connectivity index (χ1v) is 9.45. The SMILES string of the molecule is COc1ccccc1C(=O)N1CCC[C@@H](c2nc(C)c(CC(N)=O)c(C)n2)C1. The van der Waals surface area contributed by atoms with Crippen molar-refractivity contribution < 1.29 is 14.3 Å². The van der Waals surface area contributed by atoms with Gasteiger partial charge in [0.15, 0.2) is 0 Å². The number of carbonyl (C=O) groups excluding carboxylic acids is 2. The molecule has 148 valence electrons. The number of hydrogen-bond acceptors (Lipinski definition) is 5. The Kier molecular flexibility index (Phi) is 5.92. The minimum absolute atomic E-state index is 0.0408. The number of hydrogen-bond donors (Lipinski definition) is 1. The summed E-state index contributed by atoms with van der Waals surface area (Å²) in [5.74, 6) is 0.927. The second-order valence-corrected chi connectivity index (χ2v) is 7.16. The second-order valence-electron chi connectivity index (χ2n) is 7.16. The van der Waals surface area contributed by atoms with Crippen LogP contribution >= 0.6 is 0 Å². The summed E-state index contributed by atoms with van der Waals surface area (Å²) >= 11 is 0. The second kappa shape index (κ2) is 8.37. The molecule has 7 heteroatoms. The standard InChI is InChI=1S/C21H26N4O3/c1-13-17(11-19(22)26)14(2)24-20(23-13)15-7-6-10-25(12-15)21(27)16-8-4-5-9-18(16)28-3/h4-5,8-9,15H,6-7,10-12H2,1-3H3,(H2,22,26)/t15-/m1/s1. The first-order valence-electron chi connectivity index (χ1n) is 9.45. The van der Waals surface area contributed by atoms with Crippen molar-refractivity contribution in [2.45, 2.75) is 39.0 Å². The molecule has 2 amide bonds. The van der Waals surface area contributed by atoms with Crippen LogP contribution in [0.25, 0.3) is 0 Å². The zero-order valence-corrected chi connectivity index (χ0v) is 16.6. The van der Waals surface area contributed by atoms with Crippen LogP contribution < -0.4 is 10.5 Å². The van der Waals surface area contributed by atoms with Crippen molar-refractivity contribution in [1.82, 2.24) is 14.9 Å². The van der Waals surface area contributed by atoms with Gasteiger partial charge in [0.05, 0.1) is 19.1 Å². The number of primary amides is 1. The molecule has 0 unspecified atom stereocenters. The van der Waals surface area contributed by atoms with Crippen molar-refractivity contribution in [1.29, 1.82) is 0 Å². The lowest BCUT2D eigenvalue weighted by molar-refractivity contribution is -0.117. The molecule has 2 aromatic rings. The maximum Gasteiger partial charge on any atom is 0.257 e. The normalized spacial score (nSPS) is 16.7. The molecule has 1 aliphatic heterocycles. The molecule has 1 fully saturated rings. The third-order valence-electron chi connectivity index (χ3n) is 5.20. The highest BCUT2D eigenvalue weighted by Gasteiger charge is 2.29. The molecule has 0 spiro atoms. The van der Waals surface area contributed by atoms with Crippen LogP contribution in [-0.2, 0) is 11.2 Å². The fourth-order valence-corrected chi connectivity index (χ4v) is 3.74. The molecule has 1 aromatic carbocycles.